The van der Waals surface area contributed by atoms with Crippen molar-refractivity contribution in [2.24, 2.45) is 35.5 Å². The highest BCUT2D eigenvalue weighted by molar-refractivity contribution is 5.83. The number of epoxide rings is 1. The van der Waals surface area contributed by atoms with Crippen molar-refractivity contribution in [3.63, 3.8) is 0 Å². The summed E-state index contributed by atoms with van der Waals surface area (Å²) in [6, 6.07) is 0. The lowest BCUT2D eigenvalue weighted by atomic mass is 9.61. The predicted octanol–water partition coefficient (Wildman–Crippen LogP) is 4.89. The first kappa shape index (κ1) is 37.2. The van der Waals surface area contributed by atoms with Crippen LogP contribution in [-0.4, -0.2) is 72.6 Å². The van der Waals surface area contributed by atoms with Crippen LogP contribution in [-0.2, 0) is 52.4 Å². The minimum absolute atomic E-state index is 0.310. The largest absolute Gasteiger partial charge is 0.462 e. The molecule has 11 nitrogen and oxygen atoms in total. The number of esters is 5. The van der Waals surface area contributed by atoms with Crippen LogP contribution in [0.1, 0.15) is 88.5 Å². The second-order valence-electron chi connectivity index (χ2n) is 13.4. The maximum atomic E-state index is 13.4. The quantitative estimate of drug-likeness (QED) is 0.0885. The van der Waals surface area contributed by atoms with Gasteiger partial charge < -0.3 is 28.4 Å². The Morgan fingerprint density at radius 2 is 1.41 bits per heavy atom. The lowest BCUT2D eigenvalue weighted by molar-refractivity contribution is -0.185. The zero-order chi connectivity index (χ0) is 34.7. The molecule has 46 heavy (non-hydrogen) atoms. The Bertz CT molecular complexity index is 1220. The predicted molar refractivity (Wildman–Crippen MR) is 167 cm³/mol. The highest BCUT2D eigenvalue weighted by Crippen LogP contribution is 2.60. The van der Waals surface area contributed by atoms with Gasteiger partial charge in [0.2, 0.25) is 0 Å². The van der Waals surface area contributed by atoms with Gasteiger partial charge in [-0.3, -0.25) is 19.2 Å². The number of allylic oxidation sites excluding steroid dienone is 1. The fraction of sp³-hybridized carbons (Fsp3) is 0.743. The molecule has 3 rings (SSSR count). The van der Waals surface area contributed by atoms with E-state index in [0.29, 0.717) is 31.4 Å². The second-order valence-corrected chi connectivity index (χ2v) is 13.4. The first-order valence-electron chi connectivity index (χ1n) is 16.5. The molecule has 258 valence electrons. The fourth-order valence-electron chi connectivity index (χ4n) is 6.86. The molecule has 3 unspecified atom stereocenters. The number of rotatable bonds is 13. The average Bonchev–Trinajstić information content (AvgIpc) is 3.65. The van der Waals surface area contributed by atoms with Gasteiger partial charge in [0.25, 0.3) is 0 Å². The van der Waals surface area contributed by atoms with Gasteiger partial charge in [0.15, 0.2) is 6.10 Å². The van der Waals surface area contributed by atoms with E-state index in [-0.39, 0.29) is 0 Å². The van der Waals surface area contributed by atoms with Crippen molar-refractivity contribution in [1.29, 1.82) is 0 Å². The molecule has 0 spiro atoms. The van der Waals surface area contributed by atoms with E-state index in [4.69, 9.17) is 28.4 Å². The Labute approximate surface area is 272 Å². The fourth-order valence-corrected chi connectivity index (χ4v) is 6.86. The zero-order valence-corrected chi connectivity index (χ0v) is 29.0. The van der Waals surface area contributed by atoms with E-state index in [1.54, 1.807) is 27.7 Å². The van der Waals surface area contributed by atoms with Gasteiger partial charge in [0.05, 0.1) is 24.0 Å². The monoisotopic (exact) mass is 648 g/mol. The maximum Gasteiger partial charge on any atom is 0.331 e. The van der Waals surface area contributed by atoms with Crippen LogP contribution in [0.5, 0.6) is 0 Å². The van der Waals surface area contributed by atoms with Gasteiger partial charge in [-0.15, -0.1) is 0 Å². The number of carbonyl (C=O) groups excluding carboxylic acids is 5. The third-order valence-electron chi connectivity index (χ3n) is 9.98. The van der Waals surface area contributed by atoms with Crippen LogP contribution in [0.15, 0.2) is 23.8 Å². The van der Waals surface area contributed by atoms with Crippen LogP contribution in [0, 0.1) is 35.5 Å². The number of carbonyl (C=O) groups is 5. The van der Waals surface area contributed by atoms with Crippen molar-refractivity contribution in [3.05, 3.63) is 23.8 Å². The van der Waals surface area contributed by atoms with Crippen LogP contribution in [0.3, 0.4) is 0 Å². The molecule has 0 aromatic heterocycles. The van der Waals surface area contributed by atoms with E-state index in [9.17, 15) is 24.0 Å². The van der Waals surface area contributed by atoms with Crippen molar-refractivity contribution < 1.29 is 52.4 Å². The molecule has 0 amide bonds. The molecule has 0 aromatic carbocycles. The zero-order valence-electron chi connectivity index (χ0n) is 29.0. The van der Waals surface area contributed by atoms with E-state index in [2.05, 4.69) is 6.58 Å². The smallest absolute Gasteiger partial charge is 0.331 e. The van der Waals surface area contributed by atoms with Gasteiger partial charge in [0.1, 0.15) is 24.4 Å². The normalized spacial score (nSPS) is 34.0. The molecule has 11 heteroatoms. The second kappa shape index (κ2) is 15.1. The minimum Gasteiger partial charge on any atom is -0.462 e. The van der Waals surface area contributed by atoms with E-state index < -0.39 is 101 Å². The van der Waals surface area contributed by atoms with E-state index in [1.807, 2.05) is 27.7 Å². The van der Waals surface area contributed by atoms with E-state index in [1.165, 1.54) is 19.9 Å². The van der Waals surface area contributed by atoms with Crippen LogP contribution in [0.4, 0.5) is 0 Å². The first-order chi connectivity index (χ1) is 21.5. The first-order valence-corrected chi connectivity index (χ1v) is 16.5. The van der Waals surface area contributed by atoms with Crippen molar-refractivity contribution in [2.75, 3.05) is 6.61 Å². The van der Waals surface area contributed by atoms with Gasteiger partial charge in [-0.2, -0.15) is 0 Å². The summed E-state index contributed by atoms with van der Waals surface area (Å²) in [5.74, 6) is -6.39. The van der Waals surface area contributed by atoms with Crippen molar-refractivity contribution in [1.82, 2.24) is 0 Å². The summed E-state index contributed by atoms with van der Waals surface area (Å²) in [5.41, 5.74) is 0.284. The molecule has 1 saturated heterocycles. The summed E-state index contributed by atoms with van der Waals surface area (Å²) < 4.78 is 36.1. The molecule has 0 N–H and O–H groups in total. The maximum absolute atomic E-state index is 13.4. The van der Waals surface area contributed by atoms with Crippen molar-refractivity contribution >= 4 is 29.8 Å². The van der Waals surface area contributed by atoms with Crippen molar-refractivity contribution in [2.45, 2.75) is 125 Å². The molecule has 2 aliphatic carbocycles. The van der Waals surface area contributed by atoms with Gasteiger partial charge >= 0.3 is 29.8 Å². The Morgan fingerprint density at radius 3 is 1.87 bits per heavy atom. The topological polar surface area (TPSA) is 144 Å². The lowest BCUT2D eigenvalue weighted by Gasteiger charge is -2.48. The number of hydrogen-bond donors (Lipinski definition) is 0. The molecule has 3 aliphatic rings. The van der Waals surface area contributed by atoms with Crippen molar-refractivity contribution in [3.8, 4) is 0 Å². The molecule has 12 atom stereocenters. The summed E-state index contributed by atoms with van der Waals surface area (Å²) in [6.45, 7) is 21.7. The third-order valence-corrected chi connectivity index (χ3v) is 9.98. The van der Waals surface area contributed by atoms with Gasteiger partial charge in [-0.05, 0) is 51.5 Å². The number of ether oxygens (including phenoxy) is 6. The Kier molecular flexibility index (Phi) is 12.3. The van der Waals surface area contributed by atoms with E-state index in [0.717, 1.165) is 5.57 Å². The number of fused-ring (bicyclic) bond motifs is 1. The van der Waals surface area contributed by atoms with Crippen LogP contribution >= 0.6 is 0 Å². The summed E-state index contributed by atoms with van der Waals surface area (Å²) in [7, 11) is 0. The summed E-state index contributed by atoms with van der Waals surface area (Å²) in [4.78, 5) is 64.9. The molecule has 1 aliphatic heterocycles. The lowest BCUT2D eigenvalue weighted by Crippen LogP contribution is -2.58. The Morgan fingerprint density at radius 1 is 0.870 bits per heavy atom. The highest BCUT2D eigenvalue weighted by Gasteiger charge is 2.71. The molecule has 2 saturated carbocycles. The van der Waals surface area contributed by atoms with Crippen LogP contribution in [0.25, 0.3) is 0 Å². The third kappa shape index (κ3) is 8.01. The van der Waals surface area contributed by atoms with E-state index >= 15 is 0 Å². The summed E-state index contributed by atoms with van der Waals surface area (Å²) in [5, 5.41) is 0. The number of hydrogen-bond acceptors (Lipinski definition) is 11. The molecular formula is C35H52O11. The van der Waals surface area contributed by atoms with Crippen LogP contribution < -0.4 is 0 Å². The molecule has 3 fully saturated rings. The molecule has 0 aromatic rings. The van der Waals surface area contributed by atoms with Gasteiger partial charge in [-0.1, -0.05) is 46.8 Å². The standard InChI is InChI=1S/C35H52O11/c1-12-17(4)15-24(38)44-29-20(7)25-27(28(35(11)16-41-35)32(29)46-34(40)19(6)14-3)26(21(8)42-22(9)36)31(43-23(10)37)30(25)45-33(39)18(5)13-2/h15,18-19,21,25-32H,7,12-14,16H2,1-6,8-11H3/b17-15+/t18?,19?,21?,25-,26+,27-,28-,29-,30-,31+,32+,35+/m0/s1. The minimum atomic E-state index is -1.14. The Balaban J connectivity index is 2.29. The van der Waals surface area contributed by atoms with Gasteiger partial charge in [-0.25, -0.2) is 4.79 Å². The highest BCUT2D eigenvalue weighted by atomic mass is 16.6. The molecule has 0 bridgehead atoms. The average molecular weight is 649 g/mol. The SMILES string of the molecule is C=C1[C@@H]2[C@H](OC(=O)C(C)CC)[C@H](OC(C)=O)[C@H](C(C)OC(C)=O)[C@H]2[C@H]([C@@]2(C)CO2)[C@@H](OC(=O)C(C)CC)[C@H]1OC(=O)/C=C(\C)CC. The summed E-state index contributed by atoms with van der Waals surface area (Å²) in [6.07, 6.45) is -2.07. The van der Waals surface area contributed by atoms with Crippen LogP contribution in [0.2, 0.25) is 0 Å². The molecule has 1 heterocycles. The Hall–Kier alpha value is -3.21. The summed E-state index contributed by atoms with van der Waals surface area (Å²) >= 11 is 0. The molecular weight excluding hydrogens is 596 g/mol. The molecule has 0 radical (unpaired) electrons. The van der Waals surface area contributed by atoms with Gasteiger partial charge in [0, 0.05) is 37.7 Å².